The van der Waals surface area contributed by atoms with Crippen LogP contribution in [-0.2, 0) is 0 Å². The minimum atomic E-state index is 0.844. The lowest BCUT2D eigenvalue weighted by atomic mass is 9.88. The Morgan fingerprint density at radius 1 is 0.317 bits per heavy atom. The molecule has 296 valence electrons. The summed E-state index contributed by atoms with van der Waals surface area (Å²) in [5.74, 6) is 0. The molecule has 2 heterocycles. The lowest BCUT2D eigenvalue weighted by molar-refractivity contribution is 0.669. The Morgan fingerprint density at radius 2 is 0.857 bits per heavy atom. The molecule has 2 aromatic heterocycles. The number of aromatic nitrogens is 1. The fraction of sp³-hybridized carbons (Fsp3) is 0. The van der Waals surface area contributed by atoms with Gasteiger partial charge in [0.25, 0.3) is 0 Å². The molecule has 63 heavy (non-hydrogen) atoms. The molecule has 0 aliphatic heterocycles. The van der Waals surface area contributed by atoms with E-state index >= 15 is 0 Å². The summed E-state index contributed by atoms with van der Waals surface area (Å²) in [7, 11) is 0. The van der Waals surface area contributed by atoms with Gasteiger partial charge in [0.2, 0.25) is 0 Å². The molecule has 12 rings (SSSR count). The van der Waals surface area contributed by atoms with Crippen molar-refractivity contribution >= 4 is 60.8 Å². The van der Waals surface area contributed by atoms with E-state index in [0.717, 1.165) is 66.9 Å². The van der Waals surface area contributed by atoms with Crippen LogP contribution in [0.25, 0.3) is 93.9 Å². The van der Waals surface area contributed by atoms with Crippen LogP contribution in [-0.4, -0.2) is 4.57 Å². The van der Waals surface area contributed by atoms with Gasteiger partial charge in [0, 0.05) is 38.5 Å². The van der Waals surface area contributed by atoms with Crippen molar-refractivity contribution in [1.29, 1.82) is 0 Å². The molecule has 0 bridgehead atoms. The molecule has 0 amide bonds. The summed E-state index contributed by atoms with van der Waals surface area (Å²) in [6.07, 6.45) is 0. The molecule has 3 nitrogen and oxygen atoms in total. The molecule has 10 aromatic carbocycles. The van der Waals surface area contributed by atoms with Gasteiger partial charge in [-0.25, -0.2) is 0 Å². The van der Waals surface area contributed by atoms with Crippen molar-refractivity contribution < 1.29 is 4.42 Å². The number of furan rings is 1. The zero-order chi connectivity index (χ0) is 41.7. The Morgan fingerprint density at radius 3 is 1.67 bits per heavy atom. The molecule has 0 fully saturated rings. The number of anilines is 3. The summed E-state index contributed by atoms with van der Waals surface area (Å²) in [5.41, 5.74) is 17.6. The fourth-order valence-electron chi connectivity index (χ4n) is 9.59. The molecule has 0 atom stereocenters. The number of hydrogen-bond acceptors (Lipinski definition) is 2. The predicted molar refractivity (Wildman–Crippen MR) is 264 cm³/mol. The largest absolute Gasteiger partial charge is 0.454 e. The topological polar surface area (TPSA) is 21.3 Å². The highest BCUT2D eigenvalue weighted by atomic mass is 16.3. The van der Waals surface area contributed by atoms with Gasteiger partial charge in [0.1, 0.15) is 5.58 Å². The van der Waals surface area contributed by atoms with Crippen molar-refractivity contribution in [3.05, 3.63) is 243 Å². The number of nitrogens with zero attached hydrogens (tertiary/aromatic N) is 2. The molecule has 0 N–H and O–H groups in total. The average Bonchev–Trinajstić information content (AvgIpc) is 3.91. The van der Waals surface area contributed by atoms with Gasteiger partial charge in [0.05, 0.1) is 22.4 Å². The zero-order valence-corrected chi connectivity index (χ0v) is 34.4. The fourth-order valence-corrected chi connectivity index (χ4v) is 9.59. The first-order chi connectivity index (χ1) is 31.3. The van der Waals surface area contributed by atoms with E-state index < -0.39 is 0 Å². The van der Waals surface area contributed by atoms with Gasteiger partial charge in [-0.15, -0.1) is 0 Å². The number of hydrogen-bond donors (Lipinski definition) is 0. The minimum absolute atomic E-state index is 0.844. The van der Waals surface area contributed by atoms with Crippen LogP contribution in [0, 0.1) is 0 Å². The van der Waals surface area contributed by atoms with Crippen LogP contribution in [0.2, 0.25) is 0 Å². The van der Waals surface area contributed by atoms with E-state index in [1.165, 1.54) is 44.1 Å². The third-order valence-electron chi connectivity index (χ3n) is 12.4. The van der Waals surface area contributed by atoms with Gasteiger partial charge in [-0.3, -0.25) is 0 Å². The highest BCUT2D eigenvalue weighted by Crippen LogP contribution is 2.48. The van der Waals surface area contributed by atoms with E-state index in [-0.39, 0.29) is 0 Å². The minimum Gasteiger partial charge on any atom is -0.454 e. The molecular formula is C60H40N2O. The van der Waals surface area contributed by atoms with Gasteiger partial charge in [-0.1, -0.05) is 182 Å². The Labute approximate surface area is 366 Å². The SMILES string of the molecule is c1ccc(-c2ccccc2-c2ccccc2-c2ccccc2N(c2cccc(-c3ccc4c(c3)c3ccccc3n4-c3ccccc3)c2)c2cccc3c2oc2ccccc23)cc1. The maximum absolute atomic E-state index is 6.81. The smallest absolute Gasteiger partial charge is 0.159 e. The molecule has 0 aliphatic carbocycles. The molecule has 3 heteroatoms. The van der Waals surface area contributed by atoms with E-state index in [4.69, 9.17) is 4.42 Å². The van der Waals surface area contributed by atoms with Crippen LogP contribution in [0.5, 0.6) is 0 Å². The second kappa shape index (κ2) is 15.3. The van der Waals surface area contributed by atoms with E-state index in [1.807, 2.05) is 6.07 Å². The van der Waals surface area contributed by atoms with Crippen LogP contribution >= 0.6 is 0 Å². The third kappa shape index (κ3) is 6.21. The summed E-state index contributed by atoms with van der Waals surface area (Å²) < 4.78 is 9.18. The van der Waals surface area contributed by atoms with Gasteiger partial charge >= 0.3 is 0 Å². The molecular weight excluding hydrogens is 765 g/mol. The number of fused-ring (bicyclic) bond motifs is 6. The van der Waals surface area contributed by atoms with Crippen LogP contribution in [0.3, 0.4) is 0 Å². The van der Waals surface area contributed by atoms with Crippen molar-refractivity contribution in [1.82, 2.24) is 4.57 Å². The number of para-hydroxylation sites is 5. The van der Waals surface area contributed by atoms with Crippen molar-refractivity contribution in [2.45, 2.75) is 0 Å². The van der Waals surface area contributed by atoms with Gasteiger partial charge < -0.3 is 13.9 Å². The highest BCUT2D eigenvalue weighted by molar-refractivity contribution is 6.12. The van der Waals surface area contributed by atoms with Crippen LogP contribution in [0.1, 0.15) is 0 Å². The second-order valence-electron chi connectivity index (χ2n) is 16.0. The molecule has 0 spiro atoms. The second-order valence-corrected chi connectivity index (χ2v) is 16.0. The quantitative estimate of drug-likeness (QED) is 0.153. The van der Waals surface area contributed by atoms with E-state index in [1.54, 1.807) is 0 Å². The first kappa shape index (κ1) is 36.5. The predicted octanol–water partition coefficient (Wildman–Crippen LogP) is 16.8. The van der Waals surface area contributed by atoms with E-state index in [0.29, 0.717) is 0 Å². The first-order valence-electron chi connectivity index (χ1n) is 21.5. The maximum Gasteiger partial charge on any atom is 0.159 e. The molecule has 0 saturated heterocycles. The Balaban J connectivity index is 1.07. The maximum atomic E-state index is 6.81. The van der Waals surface area contributed by atoms with Gasteiger partial charge in [-0.05, 0) is 99.6 Å². The van der Waals surface area contributed by atoms with Crippen LogP contribution < -0.4 is 4.90 Å². The Hall–Kier alpha value is -8.40. The lowest BCUT2D eigenvalue weighted by Gasteiger charge is -2.29. The van der Waals surface area contributed by atoms with Crippen LogP contribution in [0.4, 0.5) is 17.1 Å². The lowest BCUT2D eigenvalue weighted by Crippen LogP contribution is -2.12. The highest BCUT2D eigenvalue weighted by Gasteiger charge is 2.24. The van der Waals surface area contributed by atoms with Crippen LogP contribution in [0.15, 0.2) is 247 Å². The van der Waals surface area contributed by atoms with Crippen molar-refractivity contribution in [2.75, 3.05) is 4.90 Å². The number of rotatable bonds is 8. The third-order valence-corrected chi connectivity index (χ3v) is 12.4. The first-order valence-corrected chi connectivity index (χ1v) is 21.5. The van der Waals surface area contributed by atoms with E-state index in [9.17, 15) is 0 Å². The molecule has 12 aromatic rings. The number of benzene rings is 10. The molecule has 0 unspecified atom stereocenters. The van der Waals surface area contributed by atoms with E-state index in [2.05, 4.69) is 246 Å². The Kier molecular flexibility index (Phi) is 8.83. The normalized spacial score (nSPS) is 11.5. The monoisotopic (exact) mass is 804 g/mol. The summed E-state index contributed by atoms with van der Waals surface area (Å²) in [5, 5.41) is 4.63. The average molecular weight is 805 g/mol. The molecule has 0 radical (unpaired) electrons. The molecule has 0 saturated carbocycles. The van der Waals surface area contributed by atoms with Crippen molar-refractivity contribution in [3.63, 3.8) is 0 Å². The molecule has 0 aliphatic rings. The zero-order valence-electron chi connectivity index (χ0n) is 34.4. The standard InChI is InChI=1S/C60H40N2O/c1-3-19-41(20-4-1)46-25-7-8-26-47(46)48-27-9-10-28-49(48)50-29-11-14-33-55(50)62(58-35-18-32-53-52-31-13-16-36-59(52)63-60(53)58)45-24-17-21-42(39-45)43-37-38-57-54(40-43)51-30-12-15-34-56(51)61(57)44-22-5-2-6-23-44/h1-40H. The summed E-state index contributed by atoms with van der Waals surface area (Å²) in [6, 6.07) is 87.1. The summed E-state index contributed by atoms with van der Waals surface area (Å²) in [6.45, 7) is 0. The Bertz CT molecular complexity index is 3640. The van der Waals surface area contributed by atoms with Crippen molar-refractivity contribution in [3.8, 4) is 50.2 Å². The van der Waals surface area contributed by atoms with Gasteiger partial charge in [0.15, 0.2) is 5.58 Å². The summed E-state index contributed by atoms with van der Waals surface area (Å²) >= 11 is 0. The van der Waals surface area contributed by atoms with Gasteiger partial charge in [-0.2, -0.15) is 0 Å². The van der Waals surface area contributed by atoms with Crippen molar-refractivity contribution in [2.24, 2.45) is 0 Å². The summed E-state index contributed by atoms with van der Waals surface area (Å²) in [4.78, 5) is 2.39.